The number of aromatic nitrogens is 2. The van der Waals surface area contributed by atoms with E-state index in [1.165, 1.54) is 18.7 Å². The summed E-state index contributed by atoms with van der Waals surface area (Å²) in [5.41, 5.74) is 0.616. The average Bonchev–Trinajstić information content (AvgIpc) is 2.32. The van der Waals surface area contributed by atoms with Crippen LogP contribution in [0.15, 0.2) is 18.7 Å². The summed E-state index contributed by atoms with van der Waals surface area (Å²) in [6.07, 6.45) is -0.228. The lowest BCUT2D eigenvalue weighted by atomic mass is 10.1. The molecule has 4 nitrogen and oxygen atoms in total. The standard InChI is InChI=1S/C12H18F3N3OS/c1-11(2,3)20(19)18-10(12(13,14)15)5-4-9-6-16-8-17-7-9/h6-8,10,18H,4-5H2,1-3H3/t10-,20?/m1/s1. The molecule has 0 saturated carbocycles. The zero-order chi connectivity index (χ0) is 15.4. The van der Waals surface area contributed by atoms with E-state index in [2.05, 4.69) is 14.7 Å². The molecule has 1 aromatic rings. The number of hydrogen-bond donors (Lipinski definition) is 1. The molecule has 0 aliphatic rings. The van der Waals surface area contributed by atoms with Crippen molar-refractivity contribution >= 4 is 11.4 Å². The molecule has 20 heavy (non-hydrogen) atoms. The summed E-state index contributed by atoms with van der Waals surface area (Å²) in [4.78, 5) is 7.50. The number of alkyl halides is 3. The molecule has 0 spiro atoms. The molecular formula is C12H18F3N3OS. The van der Waals surface area contributed by atoms with Gasteiger partial charge in [0.1, 0.15) is 17.1 Å². The minimum atomic E-state index is -4.45. The maximum absolute atomic E-state index is 12.9. The summed E-state index contributed by atoms with van der Waals surface area (Å²) in [5.74, 6) is 0. The molecule has 1 N–H and O–H groups in total. The highest BCUT2D eigenvalue weighted by Gasteiger charge is 2.44. The Labute approximate surface area is 119 Å². The van der Waals surface area contributed by atoms with Gasteiger partial charge in [-0.05, 0) is 39.2 Å². The van der Waals surface area contributed by atoms with Gasteiger partial charge in [-0.3, -0.25) is 0 Å². The molecule has 0 aliphatic carbocycles. The smallest absolute Gasteiger partial charge is 0.408 e. The highest BCUT2D eigenvalue weighted by Crippen LogP contribution is 2.26. The molecule has 0 aromatic carbocycles. The zero-order valence-corrected chi connectivity index (χ0v) is 12.4. The topological polar surface area (TPSA) is 60.9 Å². The number of nitrogens with zero attached hydrogens (tertiary/aromatic N) is 2. The van der Waals surface area contributed by atoms with E-state index >= 15 is 0 Å². The van der Waals surface area contributed by atoms with Gasteiger partial charge in [0.25, 0.3) is 0 Å². The second kappa shape index (κ2) is 6.73. The molecule has 2 atom stereocenters. The van der Waals surface area contributed by atoms with Crippen molar-refractivity contribution in [2.24, 2.45) is 0 Å². The first-order valence-electron chi connectivity index (χ1n) is 6.09. The second-order valence-electron chi connectivity index (χ2n) is 5.38. The molecule has 0 amide bonds. The van der Waals surface area contributed by atoms with Crippen molar-refractivity contribution in [2.45, 2.75) is 50.6 Å². The van der Waals surface area contributed by atoms with Crippen molar-refractivity contribution in [3.63, 3.8) is 0 Å². The van der Waals surface area contributed by atoms with Crippen LogP contribution in [-0.4, -0.2) is 31.5 Å². The summed E-state index contributed by atoms with van der Waals surface area (Å²) in [6, 6.07) is -1.82. The van der Waals surface area contributed by atoms with Crippen LogP contribution in [0.25, 0.3) is 0 Å². The van der Waals surface area contributed by atoms with E-state index in [0.717, 1.165) is 0 Å². The number of hydrogen-bond acceptors (Lipinski definition) is 4. The van der Waals surface area contributed by atoms with Crippen LogP contribution in [0.4, 0.5) is 13.2 Å². The molecule has 8 heteroatoms. The highest BCUT2D eigenvalue weighted by molar-refractivity contribution is 7.90. The second-order valence-corrected chi connectivity index (χ2v) is 7.38. The van der Waals surface area contributed by atoms with Crippen LogP contribution < -0.4 is 4.72 Å². The van der Waals surface area contributed by atoms with E-state index in [1.807, 2.05) is 0 Å². The molecule has 114 valence electrons. The Morgan fingerprint density at radius 2 is 1.80 bits per heavy atom. The van der Waals surface area contributed by atoms with E-state index in [4.69, 9.17) is 0 Å². The minimum absolute atomic E-state index is 0.166. The van der Waals surface area contributed by atoms with Gasteiger partial charge in [0.05, 0.1) is 0 Å². The Morgan fingerprint density at radius 3 is 2.25 bits per heavy atom. The molecule has 0 aliphatic heterocycles. The first-order chi connectivity index (χ1) is 9.10. The number of nitrogens with one attached hydrogen (secondary N) is 1. The third kappa shape index (κ3) is 5.64. The molecule has 0 saturated heterocycles. The Balaban J connectivity index is 2.67. The largest absolute Gasteiger partial charge is 0.598 e. The monoisotopic (exact) mass is 309 g/mol. The molecule has 0 fully saturated rings. The van der Waals surface area contributed by atoms with Crippen LogP contribution in [-0.2, 0) is 17.8 Å². The fraction of sp³-hybridized carbons (Fsp3) is 0.667. The van der Waals surface area contributed by atoms with Crippen LogP contribution in [0.1, 0.15) is 32.8 Å². The van der Waals surface area contributed by atoms with Gasteiger partial charge in [0.2, 0.25) is 0 Å². The summed E-state index contributed by atoms with van der Waals surface area (Å²) < 4.78 is 52.1. The molecule has 1 rings (SSSR count). The predicted molar refractivity (Wildman–Crippen MR) is 71.2 cm³/mol. The van der Waals surface area contributed by atoms with Gasteiger partial charge >= 0.3 is 6.18 Å². The Bertz CT molecular complexity index is 409. The maximum atomic E-state index is 12.9. The van der Waals surface area contributed by atoms with Gasteiger partial charge in [0.15, 0.2) is 0 Å². The van der Waals surface area contributed by atoms with E-state index in [-0.39, 0.29) is 12.8 Å². The SMILES string of the molecule is CC(C)(C)[S+]([O-])N[C@H](CCc1cncnc1)C(F)(F)F. The lowest BCUT2D eigenvalue weighted by Gasteiger charge is -2.29. The van der Waals surface area contributed by atoms with Gasteiger partial charge < -0.3 is 4.55 Å². The van der Waals surface area contributed by atoms with Gasteiger partial charge in [-0.1, -0.05) is 0 Å². The van der Waals surface area contributed by atoms with E-state index < -0.39 is 28.3 Å². The summed E-state index contributed by atoms with van der Waals surface area (Å²) in [6.45, 7) is 4.86. The van der Waals surface area contributed by atoms with Gasteiger partial charge in [-0.25, -0.2) is 9.97 Å². The lowest BCUT2D eigenvalue weighted by molar-refractivity contribution is -0.152. The van der Waals surface area contributed by atoms with Crippen LogP contribution in [0.3, 0.4) is 0 Å². The van der Waals surface area contributed by atoms with Crippen LogP contribution >= 0.6 is 0 Å². The van der Waals surface area contributed by atoms with E-state index in [0.29, 0.717) is 5.56 Å². The lowest BCUT2D eigenvalue weighted by Crippen LogP contribution is -2.50. The molecule has 0 radical (unpaired) electrons. The molecule has 0 bridgehead atoms. The summed E-state index contributed by atoms with van der Waals surface area (Å²) >= 11 is -1.77. The normalized spacial score (nSPS) is 15.9. The van der Waals surface area contributed by atoms with Crippen LogP contribution in [0.5, 0.6) is 0 Å². The quantitative estimate of drug-likeness (QED) is 0.848. The van der Waals surface area contributed by atoms with Gasteiger partial charge in [-0.2, -0.15) is 13.2 Å². The summed E-state index contributed by atoms with van der Waals surface area (Å²) in [7, 11) is 0. The predicted octanol–water partition coefficient (Wildman–Crippen LogP) is 2.39. The van der Waals surface area contributed by atoms with E-state index in [9.17, 15) is 17.7 Å². The minimum Gasteiger partial charge on any atom is -0.598 e. The van der Waals surface area contributed by atoms with Crippen molar-refractivity contribution in [3.8, 4) is 0 Å². The maximum Gasteiger partial charge on any atom is 0.408 e. The first kappa shape index (κ1) is 17.2. The first-order valence-corrected chi connectivity index (χ1v) is 7.24. The highest BCUT2D eigenvalue weighted by atomic mass is 32.2. The van der Waals surface area contributed by atoms with Crippen molar-refractivity contribution in [1.82, 2.24) is 14.7 Å². The molecule has 1 aromatic heterocycles. The average molecular weight is 309 g/mol. The van der Waals surface area contributed by atoms with Crippen molar-refractivity contribution in [2.75, 3.05) is 0 Å². The molecule has 1 unspecified atom stereocenters. The third-order valence-electron chi connectivity index (χ3n) is 2.54. The van der Waals surface area contributed by atoms with Gasteiger partial charge in [-0.15, -0.1) is 4.72 Å². The van der Waals surface area contributed by atoms with Crippen LogP contribution in [0.2, 0.25) is 0 Å². The Morgan fingerprint density at radius 1 is 1.25 bits per heavy atom. The van der Waals surface area contributed by atoms with Crippen molar-refractivity contribution in [3.05, 3.63) is 24.3 Å². The molecular weight excluding hydrogens is 291 g/mol. The fourth-order valence-electron chi connectivity index (χ4n) is 1.37. The van der Waals surface area contributed by atoms with E-state index in [1.54, 1.807) is 20.8 Å². The number of rotatable bonds is 5. The number of halogens is 3. The Kier molecular flexibility index (Phi) is 5.79. The van der Waals surface area contributed by atoms with Crippen molar-refractivity contribution in [1.29, 1.82) is 0 Å². The Hall–Kier alpha value is -0.860. The molecule has 1 heterocycles. The summed E-state index contributed by atoms with van der Waals surface area (Å²) in [5, 5.41) is 0. The van der Waals surface area contributed by atoms with Crippen LogP contribution in [0, 0.1) is 0 Å². The third-order valence-corrected chi connectivity index (χ3v) is 4.15. The van der Waals surface area contributed by atoms with Gasteiger partial charge in [0, 0.05) is 23.8 Å². The van der Waals surface area contributed by atoms with Crippen molar-refractivity contribution < 1.29 is 17.7 Å². The zero-order valence-electron chi connectivity index (χ0n) is 11.6. The fourth-order valence-corrected chi connectivity index (χ4v) is 2.23. The number of aryl methyl sites for hydroxylation is 1.